The van der Waals surface area contributed by atoms with E-state index in [-0.39, 0.29) is 37.1 Å². The van der Waals surface area contributed by atoms with Gasteiger partial charge in [0.15, 0.2) is 5.79 Å². The maximum Gasteiger partial charge on any atom is 0.407 e. The first-order valence-corrected chi connectivity index (χ1v) is 15.3. The molecule has 3 N–H and O–H groups in total. The first kappa shape index (κ1) is 35.0. The molecule has 2 fully saturated rings. The highest BCUT2D eigenvalue weighted by Gasteiger charge is 2.47. The fourth-order valence-electron chi connectivity index (χ4n) is 5.27. The Kier molecular flexibility index (Phi) is 13.7. The largest absolute Gasteiger partial charge is 0.467 e. The molecule has 3 rings (SSSR count). The molecule has 2 saturated heterocycles. The van der Waals surface area contributed by atoms with Gasteiger partial charge < -0.3 is 39.6 Å². The Morgan fingerprint density at radius 1 is 1.05 bits per heavy atom. The maximum absolute atomic E-state index is 13.2. The number of carbonyl (C=O) groups is 4. The highest BCUT2D eigenvalue weighted by Crippen LogP contribution is 2.41. The third kappa shape index (κ3) is 11.9. The monoisotopic (exact) mass is 623 g/mol. The molecule has 1 aromatic carbocycles. The van der Waals surface area contributed by atoms with Gasteiger partial charge in [-0.25, -0.2) is 18.8 Å². The molecule has 13 heteroatoms. The Morgan fingerprint density at radius 2 is 1.77 bits per heavy atom. The van der Waals surface area contributed by atoms with Crippen LogP contribution in [0.4, 0.5) is 14.0 Å². The van der Waals surface area contributed by atoms with Crippen LogP contribution >= 0.6 is 0 Å². The molecule has 0 saturated carbocycles. The number of carbonyl (C=O) groups excluding carboxylic acids is 4. The molecule has 44 heavy (non-hydrogen) atoms. The molecule has 0 unspecified atom stereocenters. The van der Waals surface area contributed by atoms with Gasteiger partial charge in [-0.05, 0) is 56.2 Å². The molecule has 1 aromatic rings. The summed E-state index contributed by atoms with van der Waals surface area (Å²) in [5.41, 5.74) is 0.873. The van der Waals surface area contributed by atoms with E-state index in [1.54, 1.807) is 12.1 Å². The molecule has 1 spiro atoms. The van der Waals surface area contributed by atoms with E-state index in [9.17, 15) is 23.6 Å². The number of benzene rings is 1. The van der Waals surface area contributed by atoms with Gasteiger partial charge in [0.1, 0.15) is 24.6 Å². The summed E-state index contributed by atoms with van der Waals surface area (Å²) in [5, 5.41) is 8.06. The first-order valence-electron chi connectivity index (χ1n) is 15.3. The Hall–Kier alpha value is -3.45. The van der Waals surface area contributed by atoms with Crippen LogP contribution in [0.15, 0.2) is 24.3 Å². The van der Waals surface area contributed by atoms with Crippen molar-refractivity contribution in [1.82, 2.24) is 16.0 Å². The SMILES string of the molecule is COC(=O)[C@H](C)NC(=O)CC[C@@H]1C[C@@H](OC(=O)NCCc2ccc(F)cc2)C[C@@]2(CCC[C@H](COC(=O)NCC(C)C)O2)O1. The first-order chi connectivity index (χ1) is 21.0. The normalized spacial score (nSPS) is 23.8. The van der Waals surface area contributed by atoms with Gasteiger partial charge in [0, 0.05) is 38.8 Å². The van der Waals surface area contributed by atoms with E-state index in [0.29, 0.717) is 45.2 Å². The van der Waals surface area contributed by atoms with E-state index in [0.717, 1.165) is 12.0 Å². The minimum atomic E-state index is -1.08. The predicted molar refractivity (Wildman–Crippen MR) is 157 cm³/mol. The van der Waals surface area contributed by atoms with Crippen molar-refractivity contribution in [1.29, 1.82) is 0 Å². The second-order valence-corrected chi connectivity index (χ2v) is 11.8. The molecule has 12 nitrogen and oxygen atoms in total. The molecule has 3 amide bonds. The van der Waals surface area contributed by atoms with Crippen molar-refractivity contribution in [2.45, 2.75) is 102 Å². The lowest BCUT2D eigenvalue weighted by atomic mass is 9.90. The average Bonchev–Trinajstić information content (AvgIpc) is 2.98. The fraction of sp³-hybridized carbons (Fsp3) is 0.677. The smallest absolute Gasteiger partial charge is 0.407 e. The molecule has 0 bridgehead atoms. The van der Waals surface area contributed by atoms with Gasteiger partial charge in [-0.3, -0.25) is 4.79 Å². The Balaban J connectivity index is 1.60. The molecule has 0 aliphatic carbocycles. The van der Waals surface area contributed by atoms with Crippen molar-refractivity contribution >= 4 is 24.1 Å². The summed E-state index contributed by atoms with van der Waals surface area (Å²) in [6.45, 7) is 6.35. The molecule has 2 aliphatic heterocycles. The second kappa shape index (κ2) is 17.1. The lowest BCUT2D eigenvalue weighted by Gasteiger charge is -2.47. The van der Waals surface area contributed by atoms with Crippen molar-refractivity contribution in [2.24, 2.45) is 5.92 Å². The highest BCUT2D eigenvalue weighted by atomic mass is 19.1. The summed E-state index contributed by atoms with van der Waals surface area (Å²) in [6.07, 6.45) is 0.856. The minimum Gasteiger partial charge on any atom is -0.467 e. The summed E-state index contributed by atoms with van der Waals surface area (Å²) in [5.74, 6) is -2.02. The van der Waals surface area contributed by atoms with E-state index in [2.05, 4.69) is 20.7 Å². The number of nitrogens with one attached hydrogen (secondary N) is 3. The highest BCUT2D eigenvalue weighted by molar-refractivity contribution is 5.84. The van der Waals surface area contributed by atoms with Crippen molar-refractivity contribution in [3.05, 3.63) is 35.6 Å². The van der Waals surface area contributed by atoms with E-state index in [1.165, 1.54) is 26.2 Å². The third-order valence-corrected chi connectivity index (χ3v) is 7.46. The van der Waals surface area contributed by atoms with Crippen LogP contribution in [0.1, 0.15) is 71.3 Å². The molecule has 0 aromatic heterocycles. The second-order valence-electron chi connectivity index (χ2n) is 11.8. The molecule has 5 atom stereocenters. The van der Waals surface area contributed by atoms with Crippen LogP contribution in [-0.4, -0.2) is 81.0 Å². The zero-order chi connectivity index (χ0) is 32.1. The Morgan fingerprint density at radius 3 is 2.48 bits per heavy atom. The van der Waals surface area contributed by atoms with Gasteiger partial charge in [0.2, 0.25) is 5.91 Å². The number of alkyl carbamates (subject to hydrolysis) is 2. The minimum absolute atomic E-state index is 0.0446. The summed E-state index contributed by atoms with van der Waals surface area (Å²) in [6, 6.07) is 5.26. The quantitative estimate of drug-likeness (QED) is 0.221. The van der Waals surface area contributed by atoms with Gasteiger partial charge in [0.05, 0.1) is 19.3 Å². The summed E-state index contributed by atoms with van der Waals surface area (Å²) >= 11 is 0. The van der Waals surface area contributed by atoms with Crippen LogP contribution in [0.3, 0.4) is 0 Å². The predicted octanol–water partition coefficient (Wildman–Crippen LogP) is 3.75. The van der Waals surface area contributed by atoms with E-state index in [4.69, 9.17) is 18.9 Å². The van der Waals surface area contributed by atoms with Crippen molar-refractivity contribution in [2.75, 3.05) is 26.8 Å². The van der Waals surface area contributed by atoms with E-state index in [1.807, 2.05) is 13.8 Å². The van der Waals surface area contributed by atoms with Crippen LogP contribution in [0, 0.1) is 11.7 Å². The molecule has 2 aliphatic rings. The number of amides is 3. The maximum atomic E-state index is 13.2. The van der Waals surface area contributed by atoms with Crippen molar-refractivity contribution in [3.63, 3.8) is 0 Å². The van der Waals surface area contributed by atoms with Gasteiger partial charge in [0.25, 0.3) is 0 Å². The van der Waals surface area contributed by atoms with Crippen molar-refractivity contribution in [3.8, 4) is 0 Å². The number of rotatable bonds is 13. The number of ether oxygens (including phenoxy) is 5. The lowest BCUT2D eigenvalue weighted by Crippen LogP contribution is -2.54. The zero-order valence-corrected chi connectivity index (χ0v) is 26.0. The van der Waals surface area contributed by atoms with Crippen LogP contribution < -0.4 is 16.0 Å². The molecular weight excluding hydrogens is 577 g/mol. The van der Waals surface area contributed by atoms with Crippen LogP contribution in [-0.2, 0) is 39.7 Å². The Bertz CT molecular complexity index is 1100. The number of halogens is 1. The summed E-state index contributed by atoms with van der Waals surface area (Å²) in [4.78, 5) is 49.0. The number of esters is 1. The Labute approximate surface area is 258 Å². The standard InChI is InChI=1S/C31H46FN3O9/c1-20(2)18-34-29(38)41-19-25-6-5-14-31(44-25)17-26(42-30(39)33-15-13-22-7-9-23(32)10-8-22)16-24(43-31)11-12-27(36)35-21(3)28(37)40-4/h7-10,20-21,24-26H,5-6,11-19H2,1-4H3,(H,33,39)(H,34,38)(H,35,36)/t21-,24+,25+,26+,31-/m0/s1. The van der Waals surface area contributed by atoms with Gasteiger partial charge in [-0.2, -0.15) is 0 Å². The fourth-order valence-corrected chi connectivity index (χ4v) is 5.27. The molecule has 0 radical (unpaired) electrons. The van der Waals surface area contributed by atoms with Gasteiger partial charge >= 0.3 is 18.2 Å². The van der Waals surface area contributed by atoms with Crippen molar-refractivity contribution < 1.29 is 47.3 Å². The van der Waals surface area contributed by atoms with E-state index >= 15 is 0 Å². The topological polar surface area (TPSA) is 151 Å². The average molecular weight is 624 g/mol. The van der Waals surface area contributed by atoms with E-state index < -0.39 is 48.3 Å². The molecule has 246 valence electrons. The lowest BCUT2D eigenvalue weighted by molar-refractivity contribution is -0.329. The summed E-state index contributed by atoms with van der Waals surface area (Å²) in [7, 11) is 1.25. The third-order valence-electron chi connectivity index (χ3n) is 7.46. The molecular formula is C31H46FN3O9. The zero-order valence-electron chi connectivity index (χ0n) is 26.0. The van der Waals surface area contributed by atoms with Crippen LogP contribution in [0.2, 0.25) is 0 Å². The van der Waals surface area contributed by atoms with Crippen LogP contribution in [0.25, 0.3) is 0 Å². The van der Waals surface area contributed by atoms with Crippen LogP contribution in [0.5, 0.6) is 0 Å². The van der Waals surface area contributed by atoms with Gasteiger partial charge in [-0.15, -0.1) is 0 Å². The van der Waals surface area contributed by atoms with Gasteiger partial charge in [-0.1, -0.05) is 26.0 Å². The number of hydrogen-bond donors (Lipinski definition) is 3. The number of hydrogen-bond acceptors (Lipinski definition) is 9. The number of methoxy groups -OCH3 is 1. The molecule has 2 heterocycles. The summed E-state index contributed by atoms with van der Waals surface area (Å²) < 4.78 is 41.8.